The molecule has 2 aromatic carbocycles. The van der Waals surface area contributed by atoms with Crippen molar-refractivity contribution in [3.63, 3.8) is 0 Å². The molecule has 1 aliphatic heterocycles. The van der Waals surface area contributed by atoms with Crippen LogP contribution in [0, 0.1) is 0 Å². The Labute approximate surface area is 191 Å². The third kappa shape index (κ3) is 5.00. The van der Waals surface area contributed by atoms with Crippen molar-refractivity contribution in [1.82, 2.24) is 9.78 Å². The van der Waals surface area contributed by atoms with Crippen LogP contribution < -0.4 is 10.6 Å². The fourth-order valence-corrected chi connectivity index (χ4v) is 3.83. The summed E-state index contributed by atoms with van der Waals surface area (Å²) in [4.78, 5) is 12.6. The minimum atomic E-state index is -4.63. The smallest absolute Gasteiger partial charge is 0.363 e. The lowest BCUT2D eigenvalue weighted by Gasteiger charge is -2.33. The zero-order valence-electron chi connectivity index (χ0n) is 16.5. The lowest BCUT2D eigenvalue weighted by molar-refractivity contribution is -0.173. The topological polar surface area (TPSA) is 59.0 Å². The van der Waals surface area contributed by atoms with Crippen molar-refractivity contribution in [2.24, 2.45) is 0 Å². The first kappa shape index (κ1) is 23.1. The Morgan fingerprint density at radius 3 is 2.39 bits per heavy atom. The molecule has 2 N–H and O–H groups in total. The predicted octanol–water partition coefficient (Wildman–Crippen LogP) is 6.58. The summed E-state index contributed by atoms with van der Waals surface area (Å²) in [5.74, 6) is -0.954. The summed E-state index contributed by atoms with van der Waals surface area (Å²) in [6, 6.07) is 9.17. The molecule has 0 saturated carbocycles. The molecule has 1 aromatic heterocycles. The number of carbonyl (C=O) groups is 1. The van der Waals surface area contributed by atoms with Gasteiger partial charge in [-0.2, -0.15) is 31.4 Å². The van der Waals surface area contributed by atoms with Gasteiger partial charge < -0.3 is 10.6 Å². The number of nitrogens with zero attached hydrogens (tertiary/aromatic N) is 2. The number of benzene rings is 2. The number of amides is 1. The van der Waals surface area contributed by atoms with Crippen molar-refractivity contribution >= 4 is 33.3 Å². The maximum absolute atomic E-state index is 13.8. The molecule has 2 atom stereocenters. The average Bonchev–Trinajstić information content (AvgIpc) is 3.17. The number of alkyl halides is 6. The van der Waals surface area contributed by atoms with Crippen molar-refractivity contribution < 1.29 is 31.1 Å². The minimum absolute atomic E-state index is 0.0225. The van der Waals surface area contributed by atoms with E-state index in [4.69, 9.17) is 0 Å². The van der Waals surface area contributed by atoms with Crippen molar-refractivity contribution in [1.29, 1.82) is 0 Å². The summed E-state index contributed by atoms with van der Waals surface area (Å²) in [5, 5.41) is 9.01. The van der Waals surface area contributed by atoms with Gasteiger partial charge in [0.15, 0.2) is 11.7 Å². The Balaban J connectivity index is 1.62. The third-order valence-electron chi connectivity index (χ3n) is 5.14. The zero-order valence-corrected chi connectivity index (χ0v) is 18.1. The van der Waals surface area contributed by atoms with E-state index >= 15 is 0 Å². The molecule has 3 aromatic rings. The lowest BCUT2D eigenvalue weighted by atomic mass is 9.97. The summed E-state index contributed by atoms with van der Waals surface area (Å²) in [6.07, 6.45) is -9.60. The van der Waals surface area contributed by atoms with Crippen LogP contribution in [-0.2, 0) is 6.18 Å². The summed E-state index contributed by atoms with van der Waals surface area (Å²) >= 11 is 3.28. The molecule has 0 spiro atoms. The maximum Gasteiger partial charge on any atom is 0.416 e. The van der Waals surface area contributed by atoms with Crippen LogP contribution in [0.1, 0.15) is 40.1 Å². The molecule has 0 unspecified atom stereocenters. The van der Waals surface area contributed by atoms with Gasteiger partial charge in [-0.3, -0.25) is 4.79 Å². The number of fused-ring (bicyclic) bond motifs is 1. The van der Waals surface area contributed by atoms with Gasteiger partial charge in [0.25, 0.3) is 5.91 Å². The Hall–Kier alpha value is -3.02. The Bertz CT molecular complexity index is 1170. The van der Waals surface area contributed by atoms with Crippen LogP contribution in [0.5, 0.6) is 0 Å². The van der Waals surface area contributed by atoms with E-state index in [2.05, 4.69) is 31.7 Å². The third-order valence-corrected chi connectivity index (χ3v) is 5.67. The van der Waals surface area contributed by atoms with Gasteiger partial charge in [0, 0.05) is 22.6 Å². The van der Waals surface area contributed by atoms with Gasteiger partial charge in [-0.1, -0.05) is 34.1 Å². The Morgan fingerprint density at radius 1 is 1.06 bits per heavy atom. The van der Waals surface area contributed by atoms with Crippen LogP contribution in [0.25, 0.3) is 0 Å². The normalized spacial score (nSPS) is 18.4. The largest absolute Gasteiger partial charge is 0.416 e. The average molecular weight is 533 g/mol. The summed E-state index contributed by atoms with van der Waals surface area (Å²) < 4.78 is 81.5. The molecule has 5 nitrogen and oxygen atoms in total. The lowest BCUT2D eigenvalue weighted by Crippen LogP contribution is -2.35. The van der Waals surface area contributed by atoms with E-state index in [0.717, 1.165) is 28.7 Å². The van der Waals surface area contributed by atoms with E-state index < -0.39 is 35.9 Å². The second-order valence-corrected chi connectivity index (χ2v) is 8.35. The molecule has 12 heteroatoms. The van der Waals surface area contributed by atoms with Crippen molar-refractivity contribution in [2.45, 2.75) is 30.9 Å². The standard InChI is InChI=1S/C21H15BrF6N4O/c22-13-6-4-11(5-7-13)15-9-17(21(26,27)28)32-18(30-15)10-16(31-32)19(33)29-14-3-1-2-12(8-14)20(23,24)25/h1-8,10,15,17,30H,9H2,(H,29,33)/t15-,17+/m0/s1. The van der Waals surface area contributed by atoms with Crippen LogP contribution in [-0.4, -0.2) is 21.9 Å². The minimum Gasteiger partial charge on any atom is -0.363 e. The van der Waals surface area contributed by atoms with Gasteiger partial charge in [0.05, 0.1) is 11.6 Å². The number of rotatable bonds is 3. The van der Waals surface area contributed by atoms with Gasteiger partial charge in [-0.25, -0.2) is 4.68 Å². The monoisotopic (exact) mass is 532 g/mol. The van der Waals surface area contributed by atoms with E-state index in [0.29, 0.717) is 10.2 Å². The first-order chi connectivity index (χ1) is 15.4. The van der Waals surface area contributed by atoms with Crippen molar-refractivity contribution in [2.75, 3.05) is 10.6 Å². The molecule has 2 heterocycles. The quantitative estimate of drug-likeness (QED) is 0.375. The first-order valence-corrected chi connectivity index (χ1v) is 10.4. The fourth-order valence-electron chi connectivity index (χ4n) is 3.57. The second kappa shape index (κ2) is 8.40. The van der Waals surface area contributed by atoms with Crippen molar-refractivity contribution in [3.8, 4) is 0 Å². The number of aromatic nitrogens is 2. The number of halogens is 7. The summed E-state index contributed by atoms with van der Waals surface area (Å²) in [7, 11) is 0. The molecule has 1 aliphatic rings. The molecule has 0 saturated heterocycles. The van der Waals surface area contributed by atoms with E-state index in [1.807, 2.05) is 0 Å². The molecule has 4 rings (SSSR count). The highest BCUT2D eigenvalue weighted by atomic mass is 79.9. The van der Waals surface area contributed by atoms with E-state index in [-0.39, 0.29) is 23.6 Å². The van der Waals surface area contributed by atoms with Gasteiger partial charge in [0.2, 0.25) is 0 Å². The fraction of sp³-hybridized carbons (Fsp3) is 0.238. The highest BCUT2D eigenvalue weighted by Crippen LogP contribution is 2.43. The summed E-state index contributed by atoms with van der Waals surface area (Å²) in [5.41, 5.74) is -0.870. The SMILES string of the molecule is O=C(Nc1cccc(C(F)(F)F)c1)c1cc2n(n1)[C@@H](C(F)(F)F)C[C@@H](c1ccc(Br)cc1)N2. The zero-order chi connectivity index (χ0) is 24.0. The molecular formula is C21H15BrF6N4O. The molecule has 174 valence electrons. The van der Waals surface area contributed by atoms with Crippen LogP contribution in [0.3, 0.4) is 0 Å². The Morgan fingerprint density at radius 2 is 1.76 bits per heavy atom. The highest BCUT2D eigenvalue weighted by Gasteiger charge is 2.46. The van der Waals surface area contributed by atoms with Crippen molar-refractivity contribution in [3.05, 3.63) is 75.9 Å². The Kier molecular flexibility index (Phi) is 5.89. The van der Waals surface area contributed by atoms with Crippen LogP contribution in [0.4, 0.5) is 37.8 Å². The van der Waals surface area contributed by atoms with Gasteiger partial charge >= 0.3 is 12.4 Å². The van der Waals surface area contributed by atoms with Crippen LogP contribution in [0.2, 0.25) is 0 Å². The van der Waals surface area contributed by atoms with Crippen LogP contribution in [0.15, 0.2) is 59.1 Å². The van der Waals surface area contributed by atoms with Gasteiger partial charge in [0.1, 0.15) is 5.82 Å². The van der Waals surface area contributed by atoms with E-state index in [9.17, 15) is 31.1 Å². The summed E-state index contributed by atoms with van der Waals surface area (Å²) in [6.45, 7) is 0. The molecular weight excluding hydrogens is 518 g/mol. The maximum atomic E-state index is 13.8. The predicted molar refractivity (Wildman–Crippen MR) is 112 cm³/mol. The molecule has 33 heavy (non-hydrogen) atoms. The number of anilines is 2. The molecule has 0 fully saturated rings. The van der Waals surface area contributed by atoms with E-state index in [1.165, 1.54) is 6.07 Å². The second-order valence-electron chi connectivity index (χ2n) is 7.43. The molecule has 0 radical (unpaired) electrons. The van der Waals surface area contributed by atoms with Gasteiger partial charge in [-0.15, -0.1) is 0 Å². The molecule has 0 aliphatic carbocycles. The number of hydrogen-bond donors (Lipinski definition) is 2. The van der Waals surface area contributed by atoms with E-state index in [1.54, 1.807) is 24.3 Å². The van der Waals surface area contributed by atoms with Crippen LogP contribution >= 0.6 is 15.9 Å². The highest BCUT2D eigenvalue weighted by molar-refractivity contribution is 9.10. The first-order valence-electron chi connectivity index (χ1n) is 9.59. The molecule has 1 amide bonds. The number of hydrogen-bond acceptors (Lipinski definition) is 3. The molecule has 0 bridgehead atoms. The van der Waals surface area contributed by atoms with Gasteiger partial charge in [-0.05, 0) is 35.9 Å². The number of carbonyl (C=O) groups excluding carboxylic acids is 1. The number of nitrogens with one attached hydrogen (secondary N) is 2.